The van der Waals surface area contributed by atoms with Crippen LogP contribution in [0.4, 0.5) is 11.4 Å². The smallest absolute Gasteiger partial charge is 0.333 e. The average molecular weight is 767 g/mol. The van der Waals surface area contributed by atoms with E-state index in [0.29, 0.717) is 10.8 Å². The van der Waals surface area contributed by atoms with Gasteiger partial charge in [0.15, 0.2) is 0 Å². The second-order valence-corrected chi connectivity index (χ2v) is 22.4. The number of para-hydroxylation sites is 2. The first kappa shape index (κ1) is 31.5. The van der Waals surface area contributed by atoms with Crippen molar-refractivity contribution in [3.8, 4) is 16.8 Å². The summed E-state index contributed by atoms with van der Waals surface area (Å²) >= 11 is 1.96. The van der Waals surface area contributed by atoms with Crippen LogP contribution in [0, 0.1) is 35.5 Å². The molecule has 8 aliphatic carbocycles. The molecule has 8 saturated carbocycles. The molecule has 7 aromatic rings. The van der Waals surface area contributed by atoms with Crippen LogP contribution in [0.25, 0.3) is 49.4 Å². The standard InChI is InChI=1S/C54H47BN2S/c1-2-7-39-36(6-1)20-42-40-8-5-11-48-51(40)57(46-9-3-4-10-47(46)58-48)55-44-23-38(54-27-33-17-34(28-54)19-35(18-33)29-54)22-43-41-21-37(12-13-45(41)56(50(43)44)52(39)49(42)55)53-24-30-14-31(25-53)16-32(15-30)26-53/h1-13,20-23,30-35H,14-19,24-29H2. The molecule has 0 N–H and O–H groups in total. The molecule has 2 nitrogen and oxygen atoms in total. The Morgan fingerprint density at radius 3 is 1.90 bits per heavy atom. The van der Waals surface area contributed by atoms with Crippen molar-refractivity contribution in [1.82, 2.24) is 4.57 Å². The van der Waals surface area contributed by atoms with Crippen LogP contribution in [-0.4, -0.2) is 11.4 Å². The van der Waals surface area contributed by atoms with Crippen molar-refractivity contribution in [3.63, 3.8) is 0 Å². The van der Waals surface area contributed by atoms with Gasteiger partial charge in [0.1, 0.15) is 0 Å². The Kier molecular flexibility index (Phi) is 5.69. The Hall–Kier alpha value is -4.41. The number of rotatable bonds is 2. The lowest BCUT2D eigenvalue weighted by molar-refractivity contribution is -0.00526. The van der Waals surface area contributed by atoms with E-state index in [2.05, 4.69) is 113 Å². The SMILES string of the molecule is c1ccc2c(c1)Sc1cccc3c1N2B1c2c-3cc3ccccc3c2-n2c3ccc(C45CC6CC(CC(C6)C4)C5)cc3c3cc(C45CC6CC(CC(C6)C4)C5)cc1c32. The average Bonchev–Trinajstić information content (AvgIpc) is 3.56. The Balaban J connectivity index is 1.05. The first-order valence-electron chi connectivity index (χ1n) is 23.0. The summed E-state index contributed by atoms with van der Waals surface area (Å²) in [6.07, 6.45) is 17.4. The summed E-state index contributed by atoms with van der Waals surface area (Å²) in [6.45, 7) is 0.0982. The molecule has 0 radical (unpaired) electrons. The number of anilines is 2. The van der Waals surface area contributed by atoms with Gasteiger partial charge in [0.25, 0.3) is 0 Å². The van der Waals surface area contributed by atoms with E-state index >= 15 is 0 Å². The summed E-state index contributed by atoms with van der Waals surface area (Å²) in [5.74, 6) is 5.56. The van der Waals surface area contributed by atoms with E-state index in [1.54, 1.807) is 16.6 Å². The van der Waals surface area contributed by atoms with Gasteiger partial charge >= 0.3 is 6.85 Å². The maximum Gasteiger partial charge on any atom is 0.333 e. The van der Waals surface area contributed by atoms with Gasteiger partial charge in [-0.15, -0.1) is 0 Å². The molecule has 282 valence electrons. The largest absolute Gasteiger partial charge is 0.374 e. The lowest BCUT2D eigenvalue weighted by atomic mass is 9.42. The molecule has 8 bridgehead atoms. The molecule has 3 aliphatic heterocycles. The molecular formula is C54H47BN2S. The summed E-state index contributed by atoms with van der Waals surface area (Å²) in [6, 6.07) is 41.9. The van der Waals surface area contributed by atoms with Gasteiger partial charge in [0, 0.05) is 37.2 Å². The number of benzene rings is 6. The molecule has 0 atom stereocenters. The summed E-state index contributed by atoms with van der Waals surface area (Å²) in [4.78, 5) is 5.58. The molecule has 0 amide bonds. The molecule has 6 aromatic carbocycles. The van der Waals surface area contributed by atoms with Crippen LogP contribution in [0.3, 0.4) is 0 Å². The molecule has 11 aliphatic rings. The highest BCUT2D eigenvalue weighted by molar-refractivity contribution is 7.99. The minimum absolute atomic E-state index is 0.0982. The van der Waals surface area contributed by atoms with Crippen molar-refractivity contribution in [1.29, 1.82) is 0 Å². The molecule has 4 heteroatoms. The van der Waals surface area contributed by atoms with Crippen molar-refractivity contribution in [2.45, 2.75) is 97.7 Å². The third-order valence-electron chi connectivity index (χ3n) is 18.2. The van der Waals surface area contributed by atoms with Crippen molar-refractivity contribution < 1.29 is 0 Å². The monoisotopic (exact) mass is 766 g/mol. The van der Waals surface area contributed by atoms with E-state index in [-0.39, 0.29) is 6.85 Å². The highest BCUT2D eigenvalue weighted by atomic mass is 32.2. The maximum atomic E-state index is 2.82. The molecular weight excluding hydrogens is 719 g/mol. The number of hydrogen-bond donors (Lipinski definition) is 0. The van der Waals surface area contributed by atoms with Crippen molar-refractivity contribution in [2.24, 2.45) is 35.5 Å². The topological polar surface area (TPSA) is 8.17 Å². The van der Waals surface area contributed by atoms with Gasteiger partial charge in [-0.2, -0.15) is 0 Å². The minimum atomic E-state index is 0.0982. The van der Waals surface area contributed by atoms with Crippen LogP contribution in [0.5, 0.6) is 0 Å². The number of aromatic nitrogens is 1. The zero-order valence-corrected chi connectivity index (χ0v) is 34.0. The molecule has 1 aromatic heterocycles. The Bertz CT molecular complexity index is 2970. The van der Waals surface area contributed by atoms with Crippen LogP contribution in [0.1, 0.15) is 88.2 Å². The van der Waals surface area contributed by atoms with Crippen molar-refractivity contribution >= 4 is 73.5 Å². The van der Waals surface area contributed by atoms with E-state index in [1.807, 2.05) is 11.8 Å². The van der Waals surface area contributed by atoms with Crippen LogP contribution < -0.4 is 15.7 Å². The Morgan fingerprint density at radius 2 is 1.16 bits per heavy atom. The van der Waals surface area contributed by atoms with E-state index in [4.69, 9.17) is 0 Å². The van der Waals surface area contributed by atoms with Crippen LogP contribution in [0.2, 0.25) is 0 Å². The Labute approximate surface area is 345 Å². The quantitative estimate of drug-likeness (QED) is 0.162. The van der Waals surface area contributed by atoms with E-state index in [0.717, 1.165) is 35.5 Å². The summed E-state index contributed by atoms with van der Waals surface area (Å²) in [5, 5.41) is 5.77. The van der Waals surface area contributed by atoms with Crippen LogP contribution in [-0.2, 0) is 10.8 Å². The fourth-order valence-electron chi connectivity index (χ4n) is 17.0. The maximum absolute atomic E-state index is 2.82. The van der Waals surface area contributed by atoms with Crippen molar-refractivity contribution in [2.75, 3.05) is 4.81 Å². The molecule has 0 unspecified atom stereocenters. The van der Waals surface area contributed by atoms with Gasteiger partial charge in [-0.25, -0.2) is 0 Å². The zero-order chi connectivity index (χ0) is 37.2. The van der Waals surface area contributed by atoms with Gasteiger partial charge in [0.2, 0.25) is 0 Å². The normalized spacial score (nSPS) is 32.3. The third-order valence-corrected chi connectivity index (χ3v) is 19.3. The van der Waals surface area contributed by atoms with Gasteiger partial charge in [-0.05, 0) is 199 Å². The van der Waals surface area contributed by atoms with E-state index in [1.165, 1.54) is 153 Å². The van der Waals surface area contributed by atoms with E-state index in [9.17, 15) is 0 Å². The summed E-state index contributed by atoms with van der Waals surface area (Å²) < 4.78 is 2.80. The highest BCUT2D eigenvalue weighted by Crippen LogP contribution is 2.63. The van der Waals surface area contributed by atoms with Crippen LogP contribution >= 0.6 is 11.8 Å². The second-order valence-electron chi connectivity index (χ2n) is 21.3. The van der Waals surface area contributed by atoms with Gasteiger partial charge in [0.05, 0.1) is 22.4 Å². The molecule has 0 saturated heterocycles. The minimum Gasteiger partial charge on any atom is -0.374 e. The molecule has 58 heavy (non-hydrogen) atoms. The predicted molar refractivity (Wildman–Crippen MR) is 241 cm³/mol. The molecule has 18 rings (SSSR count). The fraction of sp³-hybridized carbons (Fsp3) is 0.370. The number of hydrogen-bond acceptors (Lipinski definition) is 2. The van der Waals surface area contributed by atoms with Crippen molar-refractivity contribution in [3.05, 3.63) is 114 Å². The third kappa shape index (κ3) is 3.79. The predicted octanol–water partition coefficient (Wildman–Crippen LogP) is 12.6. The van der Waals surface area contributed by atoms with E-state index < -0.39 is 0 Å². The van der Waals surface area contributed by atoms with Gasteiger partial charge < -0.3 is 9.38 Å². The molecule has 4 heterocycles. The first-order valence-corrected chi connectivity index (χ1v) is 23.8. The lowest BCUT2D eigenvalue weighted by Gasteiger charge is -2.57. The number of nitrogens with zero attached hydrogens (tertiary/aromatic N) is 2. The van der Waals surface area contributed by atoms with Gasteiger partial charge in [-0.1, -0.05) is 72.4 Å². The number of fused-ring (bicyclic) bond motifs is 11. The highest BCUT2D eigenvalue weighted by Gasteiger charge is 2.54. The molecule has 8 fully saturated rings. The van der Waals surface area contributed by atoms with Gasteiger partial charge in [-0.3, -0.25) is 0 Å². The zero-order valence-electron chi connectivity index (χ0n) is 33.1. The first-order chi connectivity index (χ1) is 28.6. The summed E-state index contributed by atoms with van der Waals surface area (Å²) in [7, 11) is 0. The van der Waals surface area contributed by atoms with Crippen LogP contribution in [0.15, 0.2) is 113 Å². The Morgan fingerprint density at radius 1 is 0.517 bits per heavy atom. The fourth-order valence-corrected chi connectivity index (χ4v) is 18.1. The second kappa shape index (κ2) is 10.5. The lowest BCUT2D eigenvalue weighted by Crippen LogP contribution is -2.61. The molecule has 0 spiro atoms. The summed E-state index contributed by atoms with van der Waals surface area (Å²) in [5.41, 5.74) is 17.0.